The summed E-state index contributed by atoms with van der Waals surface area (Å²) in [6.07, 6.45) is 2.07. The predicted molar refractivity (Wildman–Crippen MR) is 69.8 cm³/mol. The van der Waals surface area contributed by atoms with Gasteiger partial charge in [0.15, 0.2) is 0 Å². The van der Waals surface area contributed by atoms with Gasteiger partial charge in [0.1, 0.15) is 16.7 Å². The van der Waals surface area contributed by atoms with Crippen LogP contribution in [0.3, 0.4) is 0 Å². The summed E-state index contributed by atoms with van der Waals surface area (Å²) in [5.41, 5.74) is 0.213. The van der Waals surface area contributed by atoms with Crippen molar-refractivity contribution in [1.29, 1.82) is 5.26 Å². The van der Waals surface area contributed by atoms with Crippen LogP contribution in [0.4, 0.5) is 0 Å². The van der Waals surface area contributed by atoms with E-state index < -0.39 is 10.0 Å². The van der Waals surface area contributed by atoms with Gasteiger partial charge in [-0.05, 0) is 25.1 Å². The normalized spacial score (nSPS) is 19.5. The number of likely N-dealkylation sites (N-methyl/N-ethyl adjacent to an activating group) is 1. The molecule has 1 unspecified atom stereocenters. The van der Waals surface area contributed by atoms with Crippen LogP contribution >= 0.6 is 0 Å². The monoisotopic (exact) mass is 280 g/mol. The average Bonchev–Trinajstić information content (AvgIpc) is 2.93. The summed E-state index contributed by atoms with van der Waals surface area (Å²) in [5.74, 6) is 0. The van der Waals surface area contributed by atoms with Crippen molar-refractivity contribution >= 4 is 10.0 Å². The molecule has 0 amide bonds. The third kappa shape index (κ3) is 2.76. The molecule has 0 bridgehead atoms. The van der Waals surface area contributed by atoms with E-state index in [9.17, 15) is 8.42 Å². The molecule has 6 nitrogen and oxygen atoms in total. The maximum absolute atomic E-state index is 12.5. The Morgan fingerprint density at radius 3 is 2.84 bits per heavy atom. The van der Waals surface area contributed by atoms with Gasteiger partial charge < -0.3 is 5.32 Å². The van der Waals surface area contributed by atoms with Gasteiger partial charge in [-0.3, -0.25) is 0 Å². The topological polar surface area (TPSA) is 86.1 Å². The zero-order chi connectivity index (χ0) is 13.9. The second-order valence-corrected chi connectivity index (χ2v) is 6.24. The van der Waals surface area contributed by atoms with Crippen molar-refractivity contribution in [3.63, 3.8) is 0 Å². The summed E-state index contributed by atoms with van der Waals surface area (Å²) < 4.78 is 26.5. The summed E-state index contributed by atoms with van der Waals surface area (Å²) in [6.45, 7) is 3.76. The van der Waals surface area contributed by atoms with Crippen LogP contribution in [0.15, 0.2) is 23.2 Å². The van der Waals surface area contributed by atoms with Gasteiger partial charge in [0.25, 0.3) is 0 Å². The lowest BCUT2D eigenvalue weighted by Gasteiger charge is -2.26. The van der Waals surface area contributed by atoms with Crippen molar-refractivity contribution in [1.82, 2.24) is 14.6 Å². The number of rotatable bonds is 4. The molecule has 1 N–H and O–H groups in total. The van der Waals surface area contributed by atoms with Gasteiger partial charge in [-0.15, -0.1) is 0 Å². The number of hydrogen-bond donors (Lipinski definition) is 1. The van der Waals surface area contributed by atoms with Crippen LogP contribution in [0.5, 0.6) is 0 Å². The van der Waals surface area contributed by atoms with Gasteiger partial charge >= 0.3 is 0 Å². The molecule has 0 spiro atoms. The SMILES string of the molecule is CCN(C1CCNC1)S(=O)(=O)c1ccc(C#N)nc1. The molecule has 1 fully saturated rings. The lowest BCUT2D eigenvalue weighted by atomic mass is 10.3. The van der Waals surface area contributed by atoms with Crippen LogP contribution in [0, 0.1) is 11.3 Å². The Labute approximate surface area is 113 Å². The first kappa shape index (κ1) is 13.9. The molecule has 19 heavy (non-hydrogen) atoms. The smallest absolute Gasteiger partial charge is 0.244 e. The molecule has 2 heterocycles. The minimum absolute atomic E-state index is 0.00866. The van der Waals surface area contributed by atoms with Gasteiger partial charge in [-0.2, -0.15) is 9.57 Å². The van der Waals surface area contributed by atoms with E-state index in [-0.39, 0.29) is 16.6 Å². The Bertz CT molecular complexity index is 571. The highest BCUT2D eigenvalue weighted by atomic mass is 32.2. The standard InChI is InChI=1S/C12H16N4O2S/c1-2-16(11-5-6-14-8-11)19(17,18)12-4-3-10(7-13)15-9-12/h3-4,9,11,14H,2,5-6,8H2,1H3. The molecular weight excluding hydrogens is 264 g/mol. The number of pyridine rings is 1. The quantitative estimate of drug-likeness (QED) is 0.858. The average molecular weight is 280 g/mol. The molecule has 7 heteroatoms. The third-order valence-corrected chi connectivity index (χ3v) is 5.22. The van der Waals surface area contributed by atoms with Crippen molar-refractivity contribution in [2.24, 2.45) is 0 Å². The first-order chi connectivity index (χ1) is 9.09. The molecule has 1 aromatic rings. The summed E-state index contributed by atoms with van der Waals surface area (Å²) in [4.78, 5) is 3.96. The Hall–Kier alpha value is -1.49. The van der Waals surface area contributed by atoms with E-state index in [1.807, 2.05) is 13.0 Å². The molecule has 1 aliphatic heterocycles. The number of nitriles is 1. The minimum atomic E-state index is -3.54. The Morgan fingerprint density at radius 2 is 2.37 bits per heavy atom. The van der Waals surface area contributed by atoms with E-state index >= 15 is 0 Å². The fourth-order valence-electron chi connectivity index (χ4n) is 2.24. The Kier molecular flexibility index (Phi) is 4.14. The number of nitrogens with one attached hydrogen (secondary N) is 1. The second kappa shape index (κ2) is 5.65. The molecule has 1 atom stereocenters. The molecular formula is C12H16N4O2S. The van der Waals surface area contributed by atoms with E-state index in [0.29, 0.717) is 13.1 Å². The van der Waals surface area contributed by atoms with Gasteiger partial charge in [0, 0.05) is 25.3 Å². The van der Waals surface area contributed by atoms with E-state index in [0.717, 1.165) is 13.0 Å². The lowest BCUT2D eigenvalue weighted by Crippen LogP contribution is -2.41. The largest absolute Gasteiger partial charge is 0.315 e. The van der Waals surface area contributed by atoms with Crippen molar-refractivity contribution < 1.29 is 8.42 Å². The summed E-state index contributed by atoms with van der Waals surface area (Å²) >= 11 is 0. The van der Waals surface area contributed by atoms with Crippen molar-refractivity contribution in [3.05, 3.63) is 24.0 Å². The molecule has 0 aromatic carbocycles. The molecule has 2 rings (SSSR count). The third-order valence-electron chi connectivity index (χ3n) is 3.21. The predicted octanol–water partition coefficient (Wildman–Crippen LogP) is 0.326. The van der Waals surface area contributed by atoms with Gasteiger partial charge in [0.05, 0.1) is 0 Å². The zero-order valence-corrected chi connectivity index (χ0v) is 11.5. The van der Waals surface area contributed by atoms with Gasteiger partial charge in [-0.1, -0.05) is 6.92 Å². The lowest BCUT2D eigenvalue weighted by molar-refractivity contribution is 0.348. The van der Waals surface area contributed by atoms with Crippen LogP contribution in [0.25, 0.3) is 0 Å². The minimum Gasteiger partial charge on any atom is -0.315 e. The zero-order valence-electron chi connectivity index (χ0n) is 10.7. The molecule has 0 radical (unpaired) electrons. The van der Waals surface area contributed by atoms with Crippen LogP contribution in [0.2, 0.25) is 0 Å². The fourth-order valence-corrected chi connectivity index (χ4v) is 3.85. The van der Waals surface area contributed by atoms with E-state index in [1.54, 1.807) is 0 Å². The fraction of sp³-hybridized carbons (Fsp3) is 0.500. The van der Waals surface area contributed by atoms with Crippen LogP contribution in [-0.2, 0) is 10.0 Å². The summed E-state index contributed by atoms with van der Waals surface area (Å²) in [7, 11) is -3.54. The van der Waals surface area contributed by atoms with Crippen molar-refractivity contribution in [3.8, 4) is 6.07 Å². The molecule has 1 aliphatic rings. The molecule has 1 aromatic heterocycles. The number of sulfonamides is 1. The van der Waals surface area contributed by atoms with Crippen LogP contribution in [0.1, 0.15) is 19.0 Å². The van der Waals surface area contributed by atoms with E-state index in [4.69, 9.17) is 5.26 Å². The number of hydrogen-bond acceptors (Lipinski definition) is 5. The number of nitrogens with zero attached hydrogens (tertiary/aromatic N) is 3. The molecule has 102 valence electrons. The van der Waals surface area contributed by atoms with Crippen molar-refractivity contribution in [2.75, 3.05) is 19.6 Å². The maximum Gasteiger partial charge on any atom is 0.244 e. The highest BCUT2D eigenvalue weighted by Crippen LogP contribution is 2.20. The molecule has 0 aliphatic carbocycles. The highest BCUT2D eigenvalue weighted by molar-refractivity contribution is 7.89. The van der Waals surface area contributed by atoms with E-state index in [2.05, 4.69) is 10.3 Å². The van der Waals surface area contributed by atoms with Gasteiger partial charge in [0.2, 0.25) is 10.0 Å². The van der Waals surface area contributed by atoms with Gasteiger partial charge in [-0.25, -0.2) is 13.4 Å². The van der Waals surface area contributed by atoms with E-state index in [1.165, 1.54) is 22.6 Å². The maximum atomic E-state index is 12.5. The van der Waals surface area contributed by atoms with Crippen LogP contribution < -0.4 is 5.32 Å². The Balaban J connectivity index is 2.31. The van der Waals surface area contributed by atoms with Crippen molar-refractivity contribution in [2.45, 2.75) is 24.3 Å². The highest BCUT2D eigenvalue weighted by Gasteiger charge is 2.32. The molecule has 1 saturated heterocycles. The molecule has 0 saturated carbocycles. The van der Waals surface area contributed by atoms with Crippen LogP contribution in [-0.4, -0.2) is 43.4 Å². The summed E-state index contributed by atoms with van der Waals surface area (Å²) in [6, 6.07) is 4.73. The summed E-state index contributed by atoms with van der Waals surface area (Å²) in [5, 5.41) is 11.8. The Morgan fingerprint density at radius 1 is 1.58 bits per heavy atom. The first-order valence-electron chi connectivity index (χ1n) is 6.18. The number of aromatic nitrogens is 1. The second-order valence-electron chi connectivity index (χ2n) is 4.35. The first-order valence-corrected chi connectivity index (χ1v) is 7.62.